The average molecular weight is 304 g/mol. The third-order valence-electron chi connectivity index (χ3n) is 2.69. The number of hydrogen-bond acceptors (Lipinski definition) is 3. The number of pyridine rings is 1. The minimum Gasteiger partial charge on any atom is -0.481 e. The average Bonchev–Trinajstić information content (AvgIpc) is 2.51. The molecule has 21 heavy (non-hydrogen) atoms. The van der Waals surface area contributed by atoms with Gasteiger partial charge in [0.1, 0.15) is 5.69 Å². The summed E-state index contributed by atoms with van der Waals surface area (Å²) in [6.07, 6.45) is 1.35. The first kappa shape index (κ1) is 15.0. The lowest BCUT2D eigenvalue weighted by Gasteiger charge is -2.11. The highest BCUT2D eigenvalue weighted by molar-refractivity contribution is 5.48. The van der Waals surface area contributed by atoms with Gasteiger partial charge in [0.05, 0.1) is 7.11 Å². The summed E-state index contributed by atoms with van der Waals surface area (Å²) in [5.41, 5.74) is -0.609. The summed E-state index contributed by atoms with van der Waals surface area (Å²) in [4.78, 5) is 3.85. The first-order chi connectivity index (χ1) is 9.95. The Hall–Kier alpha value is -2.38. The molecule has 0 spiro atoms. The van der Waals surface area contributed by atoms with Crippen LogP contribution in [0.4, 0.5) is 27.6 Å². The van der Waals surface area contributed by atoms with Gasteiger partial charge in [-0.05, 0) is 5.56 Å². The van der Waals surface area contributed by atoms with Crippen molar-refractivity contribution in [3.63, 3.8) is 0 Å². The van der Waals surface area contributed by atoms with Crippen LogP contribution in [-0.4, -0.2) is 12.1 Å². The van der Waals surface area contributed by atoms with Crippen LogP contribution in [-0.2, 0) is 6.54 Å². The van der Waals surface area contributed by atoms with Gasteiger partial charge >= 0.3 is 0 Å². The van der Waals surface area contributed by atoms with Gasteiger partial charge in [-0.3, -0.25) is 0 Å². The zero-order valence-electron chi connectivity index (χ0n) is 10.7. The molecule has 0 radical (unpaired) electrons. The number of halogens is 5. The van der Waals surface area contributed by atoms with Gasteiger partial charge in [-0.25, -0.2) is 26.9 Å². The summed E-state index contributed by atoms with van der Waals surface area (Å²) in [7, 11) is 1.41. The highest BCUT2D eigenvalue weighted by atomic mass is 19.2. The van der Waals surface area contributed by atoms with E-state index in [2.05, 4.69) is 10.3 Å². The predicted molar refractivity (Wildman–Crippen MR) is 64.3 cm³/mol. The fraction of sp³-hybridized carbons (Fsp3) is 0.154. The van der Waals surface area contributed by atoms with Crippen molar-refractivity contribution in [1.82, 2.24) is 4.98 Å². The zero-order valence-corrected chi connectivity index (χ0v) is 10.7. The zero-order chi connectivity index (χ0) is 15.6. The van der Waals surface area contributed by atoms with Crippen LogP contribution in [0.25, 0.3) is 0 Å². The van der Waals surface area contributed by atoms with E-state index in [9.17, 15) is 22.0 Å². The number of nitrogens with one attached hydrogen (secondary N) is 1. The number of rotatable bonds is 4. The molecule has 0 aliphatic heterocycles. The van der Waals surface area contributed by atoms with Crippen molar-refractivity contribution in [3.8, 4) is 5.88 Å². The highest BCUT2D eigenvalue weighted by Gasteiger charge is 2.25. The van der Waals surface area contributed by atoms with E-state index in [4.69, 9.17) is 4.74 Å². The van der Waals surface area contributed by atoms with E-state index in [-0.39, 0.29) is 6.54 Å². The summed E-state index contributed by atoms with van der Waals surface area (Å²) >= 11 is 0. The molecule has 2 aromatic rings. The fourth-order valence-corrected chi connectivity index (χ4v) is 1.59. The maximum absolute atomic E-state index is 13.4. The molecule has 0 atom stereocenters. The number of anilines is 1. The molecule has 3 nitrogen and oxygen atoms in total. The number of benzene rings is 1. The van der Waals surface area contributed by atoms with Crippen LogP contribution in [0.3, 0.4) is 0 Å². The predicted octanol–water partition coefficient (Wildman–Crippen LogP) is 3.40. The maximum atomic E-state index is 13.4. The molecule has 0 saturated heterocycles. The van der Waals surface area contributed by atoms with Crippen molar-refractivity contribution in [2.24, 2.45) is 0 Å². The molecule has 0 saturated carbocycles. The van der Waals surface area contributed by atoms with E-state index in [0.717, 1.165) is 0 Å². The first-order valence-corrected chi connectivity index (χ1v) is 5.70. The first-order valence-electron chi connectivity index (χ1n) is 5.70. The Balaban J connectivity index is 2.23. The Morgan fingerprint density at radius 3 is 2.00 bits per heavy atom. The summed E-state index contributed by atoms with van der Waals surface area (Å²) in [6.45, 7) is -0.171. The number of aromatic nitrogens is 1. The third kappa shape index (κ3) is 2.88. The van der Waals surface area contributed by atoms with Crippen LogP contribution >= 0.6 is 0 Å². The lowest BCUT2D eigenvalue weighted by Crippen LogP contribution is -2.10. The second-order valence-electron chi connectivity index (χ2n) is 4.01. The Morgan fingerprint density at radius 1 is 0.952 bits per heavy atom. The second-order valence-corrected chi connectivity index (χ2v) is 4.01. The molecule has 0 fully saturated rings. The van der Waals surface area contributed by atoms with Gasteiger partial charge in [0.25, 0.3) is 0 Å². The van der Waals surface area contributed by atoms with Gasteiger partial charge in [0.2, 0.25) is 11.7 Å². The van der Waals surface area contributed by atoms with Crippen LogP contribution in [0.2, 0.25) is 0 Å². The van der Waals surface area contributed by atoms with Crippen LogP contribution < -0.4 is 10.1 Å². The summed E-state index contributed by atoms with van der Waals surface area (Å²) in [5.74, 6) is -9.68. The number of nitrogens with zero attached hydrogens (tertiary/aromatic N) is 1. The van der Waals surface area contributed by atoms with E-state index < -0.39 is 34.8 Å². The molecule has 0 aliphatic rings. The molecule has 1 heterocycles. The lowest BCUT2D eigenvalue weighted by molar-refractivity contribution is 0.381. The smallest absolute Gasteiger partial charge is 0.212 e. The molecule has 0 amide bonds. The monoisotopic (exact) mass is 304 g/mol. The molecule has 2 rings (SSSR count). The fourth-order valence-electron chi connectivity index (χ4n) is 1.59. The Labute approximate surface area is 116 Å². The van der Waals surface area contributed by atoms with Gasteiger partial charge in [0, 0.05) is 18.8 Å². The number of methoxy groups -OCH3 is 1. The molecule has 0 bridgehead atoms. The normalized spacial score (nSPS) is 10.6. The van der Waals surface area contributed by atoms with Crippen LogP contribution in [0.15, 0.2) is 18.3 Å². The molecule has 1 aromatic carbocycles. The van der Waals surface area contributed by atoms with Crippen LogP contribution in [0, 0.1) is 29.1 Å². The van der Waals surface area contributed by atoms with Gasteiger partial charge in [0.15, 0.2) is 23.3 Å². The van der Waals surface area contributed by atoms with Crippen LogP contribution in [0.5, 0.6) is 5.88 Å². The molecular formula is C13H9F5N2O. The van der Waals surface area contributed by atoms with Gasteiger partial charge in [-0.2, -0.15) is 0 Å². The van der Waals surface area contributed by atoms with Gasteiger partial charge in [-0.15, -0.1) is 0 Å². The minimum atomic E-state index is -2.19. The van der Waals surface area contributed by atoms with E-state index in [1.165, 1.54) is 25.4 Å². The summed E-state index contributed by atoms with van der Waals surface area (Å²) in [6, 6.07) is 3.03. The summed E-state index contributed by atoms with van der Waals surface area (Å²) in [5, 5.41) is 2.17. The SMILES string of the molecule is COc1ccc(CNc2c(F)c(F)c(F)c(F)c2F)cn1. The van der Waals surface area contributed by atoms with Crippen LogP contribution in [0.1, 0.15) is 5.56 Å². The molecule has 8 heteroatoms. The third-order valence-corrected chi connectivity index (χ3v) is 2.69. The van der Waals surface area contributed by atoms with Crippen molar-refractivity contribution in [1.29, 1.82) is 0 Å². The molecule has 1 aromatic heterocycles. The van der Waals surface area contributed by atoms with Crippen molar-refractivity contribution in [2.45, 2.75) is 6.54 Å². The second kappa shape index (κ2) is 5.94. The quantitative estimate of drug-likeness (QED) is 0.534. The van der Waals surface area contributed by atoms with Crippen molar-refractivity contribution < 1.29 is 26.7 Å². The van der Waals surface area contributed by atoms with Gasteiger partial charge in [-0.1, -0.05) is 6.07 Å². The van der Waals surface area contributed by atoms with Crippen molar-refractivity contribution in [2.75, 3.05) is 12.4 Å². The lowest BCUT2D eigenvalue weighted by atomic mass is 10.2. The van der Waals surface area contributed by atoms with E-state index in [1.54, 1.807) is 0 Å². The topological polar surface area (TPSA) is 34.1 Å². The largest absolute Gasteiger partial charge is 0.481 e. The highest BCUT2D eigenvalue weighted by Crippen LogP contribution is 2.27. The van der Waals surface area contributed by atoms with E-state index in [1.807, 2.05) is 0 Å². The number of ether oxygens (including phenoxy) is 1. The molecule has 112 valence electrons. The van der Waals surface area contributed by atoms with Crippen molar-refractivity contribution in [3.05, 3.63) is 53.0 Å². The Morgan fingerprint density at radius 2 is 1.52 bits per heavy atom. The molecular weight excluding hydrogens is 295 g/mol. The molecule has 0 unspecified atom stereocenters. The van der Waals surface area contributed by atoms with E-state index >= 15 is 0 Å². The van der Waals surface area contributed by atoms with E-state index in [0.29, 0.717) is 11.4 Å². The molecule has 0 aliphatic carbocycles. The molecule has 1 N–H and O–H groups in total. The minimum absolute atomic E-state index is 0.171. The standard InChI is InChI=1S/C13H9F5N2O/c1-21-7-3-2-6(4-19-7)5-20-13-11(17)9(15)8(14)10(16)12(13)18/h2-4,20H,5H2,1H3. The Bertz CT molecular complexity index is 632. The van der Waals surface area contributed by atoms with Gasteiger partial charge < -0.3 is 10.1 Å². The Kier molecular flexibility index (Phi) is 4.25. The summed E-state index contributed by atoms with van der Waals surface area (Å²) < 4.78 is 70.5. The number of hydrogen-bond donors (Lipinski definition) is 1. The van der Waals surface area contributed by atoms with Crippen molar-refractivity contribution >= 4 is 5.69 Å². The maximum Gasteiger partial charge on any atom is 0.212 e.